The molecule has 2 aromatic carbocycles. The molecule has 0 spiro atoms. The van der Waals surface area contributed by atoms with Gasteiger partial charge >= 0.3 is 16.8 Å². The second kappa shape index (κ2) is 18.2. The first-order valence-corrected chi connectivity index (χ1v) is 12.9. The van der Waals surface area contributed by atoms with E-state index >= 15 is 0 Å². The Hall–Kier alpha value is -3.17. The van der Waals surface area contributed by atoms with Gasteiger partial charge in [0.25, 0.3) is 0 Å². The Morgan fingerprint density at radius 3 is 1.31 bits per heavy atom. The molecule has 2 aromatic rings. The number of aromatic hydroxyl groups is 2. The number of carboxylic acids is 2. The van der Waals surface area contributed by atoms with E-state index in [2.05, 4.69) is 27.7 Å². The maximum absolute atomic E-state index is 10.4. The molecular formula is C30H40CoN2O6. The number of aliphatic carboxylic acids is 2. The van der Waals surface area contributed by atoms with Gasteiger partial charge in [0.05, 0.1) is 12.1 Å². The molecular weight excluding hydrogens is 543 g/mol. The quantitative estimate of drug-likeness (QED) is 0.500. The molecule has 1 aliphatic carbocycles. The van der Waals surface area contributed by atoms with Crippen LogP contribution in [-0.2, 0) is 39.2 Å². The molecule has 1 radical (unpaired) electrons. The molecule has 1 aliphatic rings. The van der Waals surface area contributed by atoms with Gasteiger partial charge < -0.3 is 30.0 Å². The van der Waals surface area contributed by atoms with E-state index in [1.807, 2.05) is 36.7 Å². The third-order valence-corrected chi connectivity index (χ3v) is 6.00. The smallest absolute Gasteiger partial charge is 0.550 e. The Morgan fingerprint density at radius 1 is 0.769 bits per heavy atom. The number of carboxylic acid groups (broad SMARTS) is 2. The molecule has 9 heteroatoms. The van der Waals surface area contributed by atoms with E-state index in [4.69, 9.17) is 29.8 Å². The van der Waals surface area contributed by atoms with Crippen LogP contribution >= 0.6 is 0 Å². The largest absolute Gasteiger partial charge is 2.00 e. The van der Waals surface area contributed by atoms with Crippen molar-refractivity contribution in [3.63, 3.8) is 0 Å². The second-order valence-electron chi connectivity index (χ2n) is 9.43. The van der Waals surface area contributed by atoms with Gasteiger partial charge in [0, 0.05) is 35.5 Å². The maximum Gasteiger partial charge on any atom is 2.00 e. The second-order valence-corrected chi connectivity index (χ2v) is 9.43. The Labute approximate surface area is 242 Å². The molecule has 0 aromatic heterocycles. The Morgan fingerprint density at radius 2 is 1.05 bits per heavy atom. The molecule has 39 heavy (non-hydrogen) atoms. The van der Waals surface area contributed by atoms with Crippen molar-refractivity contribution < 1.29 is 46.8 Å². The molecule has 0 unspecified atom stereocenters. The summed E-state index contributed by atoms with van der Waals surface area (Å²) in [6.45, 7) is 10.1. The van der Waals surface area contributed by atoms with E-state index in [1.165, 1.54) is 0 Å². The number of aliphatic imine (C=N–C) groups is 2. The van der Waals surface area contributed by atoms with Crippen LogP contribution in [0.2, 0.25) is 0 Å². The van der Waals surface area contributed by atoms with Gasteiger partial charge in [0.15, 0.2) is 0 Å². The summed E-state index contributed by atoms with van der Waals surface area (Å²) < 4.78 is 0. The summed E-state index contributed by atoms with van der Waals surface area (Å²) in [4.78, 5) is 27.3. The van der Waals surface area contributed by atoms with E-state index in [1.54, 1.807) is 0 Å². The van der Waals surface area contributed by atoms with E-state index < -0.39 is 11.9 Å². The van der Waals surface area contributed by atoms with Crippen molar-refractivity contribution in [3.8, 4) is 11.5 Å². The zero-order chi connectivity index (χ0) is 28.8. The SMILES string of the molecule is CC(=O)[O-].CC(=O)[O-].CCc1cc(C)cc(C=NC2CCC(N=Cc3cc(C)cc(CC)c3O)CC2)c1O.[Co+2]. The number of hydrogen-bond acceptors (Lipinski definition) is 8. The van der Waals surface area contributed by atoms with Crippen LogP contribution in [0.4, 0.5) is 0 Å². The number of benzene rings is 2. The average molecular weight is 584 g/mol. The summed E-state index contributed by atoms with van der Waals surface area (Å²) in [6, 6.07) is 8.61. The van der Waals surface area contributed by atoms with E-state index in [0.29, 0.717) is 11.5 Å². The van der Waals surface area contributed by atoms with Gasteiger partial charge in [-0.2, -0.15) is 0 Å². The summed E-state index contributed by atoms with van der Waals surface area (Å²) >= 11 is 0. The van der Waals surface area contributed by atoms with Crippen LogP contribution in [0.15, 0.2) is 34.3 Å². The van der Waals surface area contributed by atoms with Crippen LogP contribution in [-0.4, -0.2) is 46.7 Å². The number of carbonyl (C=O) groups excluding carboxylic acids is 2. The summed E-state index contributed by atoms with van der Waals surface area (Å²) in [5.41, 5.74) is 5.87. The Balaban J connectivity index is 0.00000142. The number of phenolic OH excluding ortho intramolecular Hbond substituents is 2. The fraction of sp³-hybridized carbons (Fsp3) is 0.467. The van der Waals surface area contributed by atoms with Gasteiger partial charge in [-0.15, -0.1) is 0 Å². The van der Waals surface area contributed by atoms with Crippen molar-refractivity contribution >= 4 is 24.4 Å². The number of phenols is 2. The normalized spacial score (nSPS) is 16.5. The van der Waals surface area contributed by atoms with Crippen molar-refractivity contribution in [2.24, 2.45) is 9.98 Å². The predicted molar refractivity (Wildman–Crippen MR) is 147 cm³/mol. The molecule has 1 fully saturated rings. The molecule has 1 saturated carbocycles. The fourth-order valence-electron chi connectivity index (χ4n) is 4.23. The van der Waals surface area contributed by atoms with E-state index in [-0.39, 0.29) is 28.9 Å². The molecule has 0 saturated heterocycles. The summed E-state index contributed by atoms with van der Waals surface area (Å²) in [5.74, 6) is -1.45. The summed E-state index contributed by atoms with van der Waals surface area (Å²) in [6.07, 6.45) is 9.27. The van der Waals surface area contributed by atoms with Crippen LogP contribution < -0.4 is 10.2 Å². The third kappa shape index (κ3) is 13.4. The van der Waals surface area contributed by atoms with Crippen molar-refractivity contribution in [3.05, 3.63) is 57.6 Å². The van der Waals surface area contributed by atoms with Gasteiger partial charge in [0.1, 0.15) is 11.5 Å². The average Bonchev–Trinajstić information content (AvgIpc) is 2.84. The van der Waals surface area contributed by atoms with Crippen LogP contribution in [0, 0.1) is 13.8 Å². The topological polar surface area (TPSA) is 145 Å². The van der Waals surface area contributed by atoms with Crippen molar-refractivity contribution in [1.82, 2.24) is 0 Å². The molecule has 0 bridgehead atoms. The molecule has 0 heterocycles. The van der Waals surface area contributed by atoms with E-state index in [0.717, 1.165) is 85.8 Å². The first kappa shape index (κ1) is 35.8. The first-order valence-electron chi connectivity index (χ1n) is 12.9. The first-order chi connectivity index (χ1) is 17.9. The maximum atomic E-state index is 10.4. The van der Waals surface area contributed by atoms with Gasteiger partial charge in [-0.3, -0.25) is 9.98 Å². The van der Waals surface area contributed by atoms with Crippen LogP contribution in [0.1, 0.15) is 86.8 Å². The molecule has 215 valence electrons. The van der Waals surface area contributed by atoms with Crippen molar-refractivity contribution in [2.45, 2.75) is 92.2 Å². The Bertz CT molecular complexity index is 1040. The van der Waals surface area contributed by atoms with Crippen LogP contribution in [0.5, 0.6) is 11.5 Å². The monoisotopic (exact) mass is 583 g/mol. The minimum absolute atomic E-state index is 0. The zero-order valence-corrected chi connectivity index (χ0v) is 24.7. The van der Waals surface area contributed by atoms with Gasteiger partial charge in [0.2, 0.25) is 0 Å². The Kier molecular flexibility index (Phi) is 16.7. The van der Waals surface area contributed by atoms with E-state index in [9.17, 15) is 10.2 Å². The zero-order valence-electron chi connectivity index (χ0n) is 23.6. The predicted octanol–water partition coefficient (Wildman–Crippen LogP) is 3.20. The van der Waals surface area contributed by atoms with Gasteiger partial charge in [-0.1, -0.05) is 26.0 Å². The fourth-order valence-corrected chi connectivity index (χ4v) is 4.23. The minimum Gasteiger partial charge on any atom is -0.550 e. The molecule has 8 nitrogen and oxygen atoms in total. The van der Waals surface area contributed by atoms with Crippen molar-refractivity contribution in [2.75, 3.05) is 0 Å². The minimum atomic E-state index is -1.08. The summed E-state index contributed by atoms with van der Waals surface area (Å²) in [7, 11) is 0. The van der Waals surface area contributed by atoms with Gasteiger partial charge in [-0.25, -0.2) is 0 Å². The number of carbonyl (C=O) groups is 2. The van der Waals surface area contributed by atoms with Gasteiger partial charge in [-0.05, 0) is 101 Å². The van der Waals surface area contributed by atoms with Crippen LogP contribution in [0.25, 0.3) is 0 Å². The molecule has 0 amide bonds. The molecule has 3 rings (SSSR count). The number of rotatable bonds is 6. The molecule has 2 N–H and O–H groups in total. The molecule has 0 atom stereocenters. The van der Waals surface area contributed by atoms with Crippen LogP contribution in [0.3, 0.4) is 0 Å². The standard InChI is InChI=1S/C26H34N2O2.2C2H4O2.Co/c1-5-19-11-17(3)13-21(25(19)29)15-27-23-7-9-24(10-8-23)28-16-22-14-18(4)12-20(6-2)26(22)30;2*1-2(3)4;/h11-16,23-24,29-30H,5-10H2,1-4H3;2*1H3,(H,3,4);/q;;;+2/p-2. The number of nitrogens with zero attached hydrogens (tertiary/aromatic N) is 2. The molecule has 0 aliphatic heterocycles. The summed E-state index contributed by atoms with van der Waals surface area (Å²) in [5, 5.41) is 38.6. The number of hydrogen-bond donors (Lipinski definition) is 2. The number of aryl methyl sites for hydroxylation is 4. The van der Waals surface area contributed by atoms with Crippen molar-refractivity contribution in [1.29, 1.82) is 0 Å². The third-order valence-electron chi connectivity index (χ3n) is 6.00.